The Labute approximate surface area is 96.3 Å². The van der Waals surface area contributed by atoms with Gasteiger partial charge in [-0.15, -0.1) is 6.42 Å². The van der Waals surface area contributed by atoms with Gasteiger partial charge in [0.2, 0.25) is 10.0 Å². The van der Waals surface area contributed by atoms with Gasteiger partial charge in [-0.1, -0.05) is 5.92 Å². The first kappa shape index (κ1) is 12.6. The number of nitrogens with one attached hydrogen (secondary N) is 1. The highest BCUT2D eigenvalue weighted by atomic mass is 32.2. The number of sulfonamides is 1. The summed E-state index contributed by atoms with van der Waals surface area (Å²) >= 11 is 0. The van der Waals surface area contributed by atoms with Gasteiger partial charge in [0.05, 0.1) is 11.4 Å². The molecule has 4 nitrogen and oxygen atoms in total. The fraction of sp³-hybridized carbons (Fsp3) is 0.273. The first-order valence-corrected chi connectivity index (χ1v) is 6.14. The van der Waals surface area contributed by atoms with E-state index >= 15 is 0 Å². The van der Waals surface area contributed by atoms with Crippen molar-refractivity contribution in [2.75, 3.05) is 26.0 Å². The zero-order valence-corrected chi connectivity index (χ0v) is 10.1. The van der Waals surface area contributed by atoms with Crippen molar-refractivity contribution in [3.05, 3.63) is 24.3 Å². The van der Waals surface area contributed by atoms with E-state index in [1.807, 2.05) is 0 Å². The van der Waals surface area contributed by atoms with Crippen LogP contribution in [0.25, 0.3) is 0 Å². The molecule has 1 aromatic carbocycles. The molecule has 1 N–H and O–H groups in total. The first-order valence-electron chi connectivity index (χ1n) is 4.70. The average Bonchev–Trinajstić information content (AvgIpc) is 2.29. The van der Waals surface area contributed by atoms with Crippen molar-refractivity contribution in [3.8, 4) is 12.3 Å². The van der Waals surface area contributed by atoms with E-state index in [0.717, 1.165) is 9.99 Å². The lowest BCUT2D eigenvalue weighted by Gasteiger charge is -2.14. The van der Waals surface area contributed by atoms with Crippen molar-refractivity contribution in [1.82, 2.24) is 4.31 Å². The third-order valence-electron chi connectivity index (χ3n) is 2.17. The molecule has 0 radical (unpaired) electrons. The Kier molecular flexibility index (Phi) is 3.93. The molecule has 0 amide bonds. The van der Waals surface area contributed by atoms with Crippen LogP contribution in [0.15, 0.2) is 29.2 Å². The van der Waals surface area contributed by atoms with Gasteiger partial charge in [0, 0.05) is 19.8 Å². The number of anilines is 1. The van der Waals surface area contributed by atoms with Gasteiger partial charge in [-0.25, -0.2) is 8.42 Å². The highest BCUT2D eigenvalue weighted by Gasteiger charge is 2.19. The third-order valence-corrected chi connectivity index (χ3v) is 3.98. The fourth-order valence-corrected chi connectivity index (χ4v) is 2.27. The van der Waals surface area contributed by atoms with E-state index in [1.54, 1.807) is 31.3 Å². The Balaban J connectivity index is 3.04. The van der Waals surface area contributed by atoms with Gasteiger partial charge in [0.25, 0.3) is 0 Å². The predicted octanol–water partition coefficient (Wildman–Crippen LogP) is 0.982. The quantitative estimate of drug-likeness (QED) is 0.796. The standard InChI is InChI=1S/C11H14N2O2S/c1-4-9-13(3)16(14,15)11-7-5-10(12-2)6-8-11/h1,5-8,12H,9H2,2-3H3. The van der Waals surface area contributed by atoms with Crippen LogP contribution in [0.5, 0.6) is 0 Å². The van der Waals surface area contributed by atoms with E-state index in [1.165, 1.54) is 7.05 Å². The Morgan fingerprint density at radius 3 is 2.38 bits per heavy atom. The maximum atomic E-state index is 11.9. The van der Waals surface area contributed by atoms with Gasteiger partial charge in [-0.2, -0.15) is 4.31 Å². The summed E-state index contributed by atoms with van der Waals surface area (Å²) < 4.78 is 25.0. The van der Waals surface area contributed by atoms with Crippen LogP contribution in [0.1, 0.15) is 0 Å². The monoisotopic (exact) mass is 238 g/mol. The average molecular weight is 238 g/mol. The van der Waals surface area contributed by atoms with Gasteiger partial charge in [0.15, 0.2) is 0 Å². The van der Waals surface area contributed by atoms with Crippen molar-refractivity contribution in [1.29, 1.82) is 0 Å². The van der Waals surface area contributed by atoms with Crippen molar-refractivity contribution in [3.63, 3.8) is 0 Å². The van der Waals surface area contributed by atoms with Crippen molar-refractivity contribution in [2.45, 2.75) is 4.90 Å². The molecule has 0 atom stereocenters. The lowest BCUT2D eigenvalue weighted by atomic mass is 10.3. The maximum Gasteiger partial charge on any atom is 0.243 e. The second-order valence-electron chi connectivity index (χ2n) is 3.24. The molecule has 0 aliphatic rings. The lowest BCUT2D eigenvalue weighted by Crippen LogP contribution is -2.27. The summed E-state index contributed by atoms with van der Waals surface area (Å²) in [6, 6.07) is 6.51. The summed E-state index contributed by atoms with van der Waals surface area (Å²) in [5.74, 6) is 2.30. The van der Waals surface area contributed by atoms with Crippen LogP contribution >= 0.6 is 0 Å². The highest BCUT2D eigenvalue weighted by molar-refractivity contribution is 7.89. The number of terminal acetylenes is 1. The van der Waals surface area contributed by atoms with E-state index in [-0.39, 0.29) is 11.4 Å². The van der Waals surface area contributed by atoms with Gasteiger partial charge in [0.1, 0.15) is 0 Å². The Morgan fingerprint density at radius 2 is 1.94 bits per heavy atom. The van der Waals surface area contributed by atoms with Crippen molar-refractivity contribution >= 4 is 15.7 Å². The van der Waals surface area contributed by atoms with Crippen LogP contribution in [-0.2, 0) is 10.0 Å². The molecule has 0 aromatic heterocycles. The third kappa shape index (κ3) is 2.54. The number of benzene rings is 1. The molecule has 16 heavy (non-hydrogen) atoms. The molecule has 86 valence electrons. The minimum Gasteiger partial charge on any atom is -0.388 e. The zero-order chi connectivity index (χ0) is 12.2. The molecule has 0 saturated heterocycles. The normalized spacial score (nSPS) is 11.1. The molecule has 0 unspecified atom stereocenters. The molecule has 1 rings (SSSR count). The molecular weight excluding hydrogens is 224 g/mol. The molecule has 5 heteroatoms. The summed E-state index contributed by atoms with van der Waals surface area (Å²) in [4.78, 5) is 0.240. The van der Waals surface area contributed by atoms with Gasteiger partial charge >= 0.3 is 0 Å². The van der Waals surface area contributed by atoms with Gasteiger partial charge < -0.3 is 5.32 Å². The topological polar surface area (TPSA) is 49.4 Å². The SMILES string of the molecule is C#CCN(C)S(=O)(=O)c1ccc(NC)cc1. The molecule has 0 aliphatic carbocycles. The second kappa shape index (κ2) is 5.01. The number of hydrogen-bond donors (Lipinski definition) is 1. The molecular formula is C11H14N2O2S. The van der Waals surface area contributed by atoms with Gasteiger partial charge in [-0.3, -0.25) is 0 Å². The Morgan fingerprint density at radius 1 is 1.38 bits per heavy atom. The number of hydrogen-bond acceptors (Lipinski definition) is 3. The summed E-state index contributed by atoms with van der Waals surface area (Å²) in [5, 5.41) is 2.92. The van der Waals surface area contributed by atoms with Crippen LogP contribution in [-0.4, -0.2) is 33.4 Å². The van der Waals surface area contributed by atoms with Crippen LogP contribution in [0.4, 0.5) is 5.69 Å². The lowest BCUT2D eigenvalue weighted by molar-refractivity contribution is 0.503. The highest BCUT2D eigenvalue weighted by Crippen LogP contribution is 2.16. The molecule has 0 heterocycles. The molecule has 0 aliphatic heterocycles. The number of nitrogens with zero attached hydrogens (tertiary/aromatic N) is 1. The van der Waals surface area contributed by atoms with E-state index in [9.17, 15) is 8.42 Å². The molecule has 0 spiro atoms. The van der Waals surface area contributed by atoms with Crippen LogP contribution in [0.2, 0.25) is 0 Å². The van der Waals surface area contributed by atoms with Crippen LogP contribution < -0.4 is 5.32 Å². The summed E-state index contributed by atoms with van der Waals surface area (Å²) in [7, 11) is -0.232. The molecule has 0 saturated carbocycles. The summed E-state index contributed by atoms with van der Waals surface area (Å²) in [6.45, 7) is 0.0656. The largest absolute Gasteiger partial charge is 0.388 e. The summed E-state index contributed by atoms with van der Waals surface area (Å²) in [6.07, 6.45) is 5.08. The van der Waals surface area contributed by atoms with Crippen molar-refractivity contribution < 1.29 is 8.42 Å². The fourth-order valence-electron chi connectivity index (χ4n) is 1.19. The molecule has 0 fully saturated rings. The smallest absolute Gasteiger partial charge is 0.243 e. The van der Waals surface area contributed by atoms with Gasteiger partial charge in [-0.05, 0) is 24.3 Å². The van der Waals surface area contributed by atoms with Crippen LogP contribution in [0.3, 0.4) is 0 Å². The predicted molar refractivity (Wildman–Crippen MR) is 64.6 cm³/mol. The van der Waals surface area contributed by atoms with E-state index < -0.39 is 10.0 Å². The molecule has 0 bridgehead atoms. The van der Waals surface area contributed by atoms with Crippen LogP contribution in [0, 0.1) is 12.3 Å². The number of rotatable bonds is 4. The van der Waals surface area contributed by atoms with E-state index in [0.29, 0.717) is 0 Å². The summed E-state index contributed by atoms with van der Waals surface area (Å²) in [5.41, 5.74) is 0.860. The minimum absolute atomic E-state index is 0.0656. The minimum atomic E-state index is -3.46. The zero-order valence-electron chi connectivity index (χ0n) is 9.27. The second-order valence-corrected chi connectivity index (χ2v) is 5.28. The maximum absolute atomic E-state index is 11.9. The molecule has 1 aromatic rings. The van der Waals surface area contributed by atoms with E-state index in [4.69, 9.17) is 6.42 Å². The Hall–Kier alpha value is -1.51. The Bertz CT molecular complexity index is 486. The van der Waals surface area contributed by atoms with E-state index in [2.05, 4.69) is 11.2 Å². The van der Waals surface area contributed by atoms with Crippen molar-refractivity contribution in [2.24, 2.45) is 0 Å². The first-order chi connectivity index (χ1) is 7.52.